The molecule has 0 nitrogen and oxygen atoms in total. The van der Waals surface area contributed by atoms with Crippen molar-refractivity contribution in [1.82, 2.24) is 0 Å². The van der Waals surface area contributed by atoms with Gasteiger partial charge < -0.3 is 0 Å². The van der Waals surface area contributed by atoms with Crippen molar-refractivity contribution < 1.29 is 0 Å². The Morgan fingerprint density at radius 3 is 1.54 bits per heavy atom. The van der Waals surface area contributed by atoms with Crippen LogP contribution in [0.4, 0.5) is 0 Å². The van der Waals surface area contributed by atoms with Crippen LogP contribution in [0.15, 0.2) is 12.2 Å². The third-order valence-electron chi connectivity index (χ3n) is 6.94. The molecule has 0 heteroatoms. The van der Waals surface area contributed by atoms with Gasteiger partial charge >= 0.3 is 0 Å². The molecule has 2 saturated carbocycles. The van der Waals surface area contributed by atoms with E-state index in [0.29, 0.717) is 0 Å². The van der Waals surface area contributed by atoms with Crippen LogP contribution in [0.25, 0.3) is 0 Å². The number of allylic oxidation sites excluding steroid dienone is 2. The van der Waals surface area contributed by atoms with Gasteiger partial charge in [-0.1, -0.05) is 96.6 Å². The Morgan fingerprint density at radius 2 is 1.08 bits per heavy atom. The van der Waals surface area contributed by atoms with E-state index in [1.165, 1.54) is 77.0 Å². The number of unbranched alkanes of at least 4 members (excludes halogenated alkanes) is 2. The third-order valence-corrected chi connectivity index (χ3v) is 6.94. The molecule has 0 spiro atoms. The molecule has 0 aromatic heterocycles. The van der Waals surface area contributed by atoms with Crippen molar-refractivity contribution in [3.63, 3.8) is 0 Å². The Labute approximate surface area is 152 Å². The lowest BCUT2D eigenvalue weighted by Crippen LogP contribution is -2.15. The molecule has 0 radical (unpaired) electrons. The molecule has 0 atom stereocenters. The van der Waals surface area contributed by atoms with E-state index in [1.807, 2.05) is 0 Å². The van der Waals surface area contributed by atoms with Crippen LogP contribution in [0.3, 0.4) is 0 Å². The molecular formula is C24H44. The molecule has 0 amide bonds. The lowest BCUT2D eigenvalue weighted by atomic mass is 9.77. The zero-order chi connectivity index (χ0) is 17.0. The SMILES string of the molecule is CCC=CC1CCC(CCCCC2CCC(CCCC)CC2)CC1. The molecule has 0 aromatic rings. The monoisotopic (exact) mass is 332 g/mol. The molecule has 2 aliphatic carbocycles. The van der Waals surface area contributed by atoms with E-state index in [1.54, 1.807) is 25.7 Å². The van der Waals surface area contributed by atoms with Gasteiger partial charge in [0, 0.05) is 0 Å². The second-order valence-electron chi connectivity index (χ2n) is 8.93. The van der Waals surface area contributed by atoms with Crippen LogP contribution in [0.2, 0.25) is 0 Å². The number of hydrogen-bond donors (Lipinski definition) is 0. The van der Waals surface area contributed by atoms with Gasteiger partial charge in [0.1, 0.15) is 0 Å². The van der Waals surface area contributed by atoms with Gasteiger partial charge in [-0.2, -0.15) is 0 Å². The first-order valence-electron chi connectivity index (χ1n) is 11.5. The maximum atomic E-state index is 2.49. The summed E-state index contributed by atoms with van der Waals surface area (Å²) in [6.07, 6.45) is 28.6. The Bertz CT molecular complexity index is 313. The zero-order valence-corrected chi connectivity index (χ0v) is 16.8. The van der Waals surface area contributed by atoms with Crippen molar-refractivity contribution in [2.45, 2.75) is 117 Å². The molecule has 2 rings (SSSR count). The van der Waals surface area contributed by atoms with Gasteiger partial charge in [0.2, 0.25) is 0 Å². The van der Waals surface area contributed by atoms with E-state index in [9.17, 15) is 0 Å². The van der Waals surface area contributed by atoms with Crippen molar-refractivity contribution in [3.05, 3.63) is 12.2 Å². The van der Waals surface area contributed by atoms with Crippen LogP contribution in [-0.2, 0) is 0 Å². The first-order valence-corrected chi connectivity index (χ1v) is 11.5. The minimum absolute atomic E-state index is 0.907. The molecule has 0 aromatic carbocycles. The summed E-state index contributed by atoms with van der Waals surface area (Å²) < 4.78 is 0. The van der Waals surface area contributed by atoms with Crippen LogP contribution in [0.1, 0.15) is 117 Å². The summed E-state index contributed by atoms with van der Waals surface area (Å²) in [5.41, 5.74) is 0. The van der Waals surface area contributed by atoms with Crippen molar-refractivity contribution in [1.29, 1.82) is 0 Å². The van der Waals surface area contributed by atoms with E-state index in [-0.39, 0.29) is 0 Å². The predicted octanol–water partition coefficient (Wildman–Crippen LogP) is 8.32. The largest absolute Gasteiger partial charge is 0.0885 e. The quantitative estimate of drug-likeness (QED) is 0.278. The highest BCUT2D eigenvalue weighted by atomic mass is 14.3. The Hall–Kier alpha value is -0.260. The smallest absolute Gasteiger partial charge is 0.0233 e. The highest BCUT2D eigenvalue weighted by Crippen LogP contribution is 2.36. The molecule has 0 heterocycles. The van der Waals surface area contributed by atoms with Crippen LogP contribution in [0.5, 0.6) is 0 Å². The van der Waals surface area contributed by atoms with E-state index >= 15 is 0 Å². The molecule has 2 fully saturated rings. The Balaban J connectivity index is 1.47. The van der Waals surface area contributed by atoms with Gasteiger partial charge in [-0.3, -0.25) is 0 Å². The molecule has 0 bridgehead atoms. The lowest BCUT2D eigenvalue weighted by Gasteiger charge is -2.29. The fraction of sp³-hybridized carbons (Fsp3) is 0.917. The summed E-state index contributed by atoms with van der Waals surface area (Å²) >= 11 is 0. The fourth-order valence-electron chi connectivity index (χ4n) is 5.17. The van der Waals surface area contributed by atoms with Crippen LogP contribution < -0.4 is 0 Å². The zero-order valence-electron chi connectivity index (χ0n) is 16.8. The van der Waals surface area contributed by atoms with Crippen molar-refractivity contribution in [2.75, 3.05) is 0 Å². The lowest BCUT2D eigenvalue weighted by molar-refractivity contribution is 0.240. The van der Waals surface area contributed by atoms with Crippen LogP contribution in [0, 0.1) is 23.7 Å². The average molecular weight is 333 g/mol. The van der Waals surface area contributed by atoms with Crippen LogP contribution >= 0.6 is 0 Å². The van der Waals surface area contributed by atoms with E-state index in [2.05, 4.69) is 26.0 Å². The minimum Gasteiger partial charge on any atom is -0.0885 e. The van der Waals surface area contributed by atoms with Gasteiger partial charge in [-0.05, 0) is 55.8 Å². The summed E-state index contributed by atoms with van der Waals surface area (Å²) in [5, 5.41) is 0. The predicted molar refractivity (Wildman–Crippen MR) is 108 cm³/mol. The number of rotatable bonds is 10. The average Bonchev–Trinajstić information content (AvgIpc) is 2.64. The van der Waals surface area contributed by atoms with Crippen molar-refractivity contribution in [2.24, 2.45) is 23.7 Å². The maximum absolute atomic E-state index is 2.49. The molecule has 0 aliphatic heterocycles. The minimum atomic E-state index is 0.907. The molecule has 24 heavy (non-hydrogen) atoms. The van der Waals surface area contributed by atoms with Gasteiger partial charge in [0.25, 0.3) is 0 Å². The molecule has 2 aliphatic rings. The summed E-state index contributed by atoms with van der Waals surface area (Å²) in [4.78, 5) is 0. The standard InChI is InChI=1S/C24H44/c1-3-5-9-21-13-17-23(18-14-21)11-7-8-12-24-19-15-22(16-20-24)10-6-4-2/h5,9,21-24H,3-4,6-8,10-20H2,1-2H3. The third kappa shape index (κ3) is 7.75. The van der Waals surface area contributed by atoms with Gasteiger partial charge in [-0.15, -0.1) is 0 Å². The van der Waals surface area contributed by atoms with Gasteiger partial charge in [-0.25, -0.2) is 0 Å². The van der Waals surface area contributed by atoms with E-state index in [4.69, 9.17) is 0 Å². The van der Waals surface area contributed by atoms with Crippen molar-refractivity contribution >= 4 is 0 Å². The summed E-state index contributed by atoms with van der Waals surface area (Å²) in [6, 6.07) is 0. The normalized spacial score (nSPS) is 31.6. The summed E-state index contributed by atoms with van der Waals surface area (Å²) in [5.74, 6) is 4.13. The fourth-order valence-corrected chi connectivity index (χ4v) is 5.17. The second kappa shape index (κ2) is 12.2. The first kappa shape index (κ1) is 20.1. The van der Waals surface area contributed by atoms with Gasteiger partial charge in [0.05, 0.1) is 0 Å². The second-order valence-corrected chi connectivity index (χ2v) is 8.93. The van der Waals surface area contributed by atoms with Crippen molar-refractivity contribution in [3.8, 4) is 0 Å². The molecular weight excluding hydrogens is 288 g/mol. The topological polar surface area (TPSA) is 0 Å². The van der Waals surface area contributed by atoms with Crippen LogP contribution in [-0.4, -0.2) is 0 Å². The highest BCUT2D eigenvalue weighted by molar-refractivity contribution is 4.90. The Kier molecular flexibility index (Phi) is 10.2. The number of hydrogen-bond acceptors (Lipinski definition) is 0. The summed E-state index contributed by atoms with van der Waals surface area (Å²) in [6.45, 7) is 4.58. The molecule has 0 unspecified atom stereocenters. The highest BCUT2D eigenvalue weighted by Gasteiger charge is 2.21. The van der Waals surface area contributed by atoms with E-state index in [0.717, 1.165) is 23.7 Å². The first-order chi connectivity index (χ1) is 11.8. The molecule has 0 N–H and O–H groups in total. The van der Waals surface area contributed by atoms with E-state index < -0.39 is 0 Å². The van der Waals surface area contributed by atoms with Gasteiger partial charge in [0.15, 0.2) is 0 Å². The molecule has 0 saturated heterocycles. The summed E-state index contributed by atoms with van der Waals surface area (Å²) in [7, 11) is 0. The molecule has 140 valence electrons. The maximum Gasteiger partial charge on any atom is -0.0233 e. The Morgan fingerprint density at radius 1 is 0.625 bits per heavy atom.